The smallest absolute Gasteiger partial charge is 0.276 e. The molecule has 2 heterocycles. The zero-order valence-corrected chi connectivity index (χ0v) is 13.9. The molecule has 0 atom stereocenters. The summed E-state index contributed by atoms with van der Waals surface area (Å²) in [7, 11) is 0. The Labute approximate surface area is 146 Å². The summed E-state index contributed by atoms with van der Waals surface area (Å²) < 4.78 is 43.0. The molecule has 0 unspecified atom stereocenters. The lowest BCUT2D eigenvalue weighted by atomic mass is 10.2. The third-order valence-electron chi connectivity index (χ3n) is 3.31. The summed E-state index contributed by atoms with van der Waals surface area (Å²) >= 11 is 1.33. The van der Waals surface area contributed by atoms with Gasteiger partial charge in [0.1, 0.15) is 17.2 Å². The van der Waals surface area contributed by atoms with Gasteiger partial charge in [0.2, 0.25) is 5.89 Å². The minimum atomic E-state index is -0.935. The number of carbonyl (C=O) groups is 1. The highest BCUT2D eigenvalue weighted by Gasteiger charge is 2.18. The first kappa shape index (κ1) is 17.8. The zero-order valence-electron chi connectivity index (χ0n) is 13.0. The maximum absolute atomic E-state index is 13.5. The first-order valence-electron chi connectivity index (χ1n) is 7.54. The van der Waals surface area contributed by atoms with Crippen LogP contribution in [0.3, 0.4) is 0 Å². The normalized spacial score (nSPS) is 14.8. The van der Waals surface area contributed by atoms with E-state index < -0.39 is 23.1 Å². The van der Waals surface area contributed by atoms with Crippen LogP contribution >= 0.6 is 11.8 Å². The van der Waals surface area contributed by atoms with Crippen molar-refractivity contribution in [2.45, 2.75) is 24.5 Å². The summed E-state index contributed by atoms with van der Waals surface area (Å²) in [5.41, 5.74) is -0.645. The van der Waals surface area contributed by atoms with Crippen molar-refractivity contribution in [3.63, 3.8) is 0 Å². The summed E-state index contributed by atoms with van der Waals surface area (Å²) in [5, 5.41) is 10.3. The molecule has 0 aliphatic carbocycles. The van der Waals surface area contributed by atoms with E-state index in [1.54, 1.807) is 0 Å². The number of hydrogen-bond donors (Lipinski definition) is 1. The van der Waals surface area contributed by atoms with E-state index in [1.807, 2.05) is 0 Å². The molecule has 1 aliphatic rings. The van der Waals surface area contributed by atoms with Crippen LogP contribution in [-0.2, 0) is 16.0 Å². The van der Waals surface area contributed by atoms with Crippen LogP contribution in [0.5, 0.6) is 0 Å². The third-order valence-corrected chi connectivity index (χ3v) is 4.16. The van der Waals surface area contributed by atoms with Crippen molar-refractivity contribution in [3.05, 3.63) is 41.3 Å². The Morgan fingerprint density at radius 1 is 1.24 bits per heavy atom. The van der Waals surface area contributed by atoms with Crippen molar-refractivity contribution in [2.75, 3.05) is 19.0 Å². The number of thioether (sulfide) groups is 1. The predicted molar refractivity (Wildman–Crippen MR) is 82.9 cm³/mol. The van der Waals surface area contributed by atoms with E-state index in [-0.39, 0.29) is 18.7 Å². The van der Waals surface area contributed by atoms with E-state index in [0.29, 0.717) is 30.6 Å². The first-order valence-corrected chi connectivity index (χ1v) is 8.52. The molecule has 0 saturated carbocycles. The van der Waals surface area contributed by atoms with Gasteiger partial charge in [-0.25, -0.2) is 8.78 Å². The number of aromatic nitrogens is 2. The average molecular weight is 371 g/mol. The Balaban J connectivity index is 1.47. The third kappa shape index (κ3) is 4.74. The quantitative estimate of drug-likeness (QED) is 0.746. The van der Waals surface area contributed by atoms with Gasteiger partial charge in [-0.1, -0.05) is 17.8 Å². The SMILES string of the molecule is O=C(NCc1nnc(SCCC2OCCO2)o1)c1c(F)cccc1F. The Morgan fingerprint density at radius 3 is 2.68 bits per heavy atom. The number of halogens is 2. The highest BCUT2D eigenvalue weighted by Crippen LogP contribution is 2.20. The molecule has 1 aromatic carbocycles. The molecule has 25 heavy (non-hydrogen) atoms. The molecule has 7 nitrogen and oxygen atoms in total. The number of carbonyl (C=O) groups excluding carboxylic acids is 1. The van der Waals surface area contributed by atoms with Crippen molar-refractivity contribution < 1.29 is 27.5 Å². The van der Waals surface area contributed by atoms with Crippen LogP contribution in [0.2, 0.25) is 0 Å². The highest BCUT2D eigenvalue weighted by molar-refractivity contribution is 7.99. The number of nitrogens with zero attached hydrogens (tertiary/aromatic N) is 2. The van der Waals surface area contributed by atoms with Crippen LogP contribution in [0.1, 0.15) is 22.7 Å². The summed E-state index contributed by atoms with van der Waals surface area (Å²) in [5.74, 6) is -1.95. The van der Waals surface area contributed by atoms with Crippen molar-refractivity contribution in [1.82, 2.24) is 15.5 Å². The van der Waals surface area contributed by atoms with Crippen LogP contribution < -0.4 is 5.32 Å². The van der Waals surface area contributed by atoms with E-state index in [2.05, 4.69) is 15.5 Å². The van der Waals surface area contributed by atoms with Gasteiger partial charge in [0.05, 0.1) is 19.8 Å². The molecule has 0 radical (unpaired) electrons. The standard InChI is InChI=1S/C15H15F2N3O4S/c16-9-2-1-3-10(17)13(9)14(21)18-8-11-19-20-15(24-11)25-7-4-12-22-5-6-23-12/h1-3,12H,4-8H2,(H,18,21). The van der Waals surface area contributed by atoms with Gasteiger partial charge in [0, 0.05) is 12.2 Å². The molecule has 1 aliphatic heterocycles. The monoisotopic (exact) mass is 371 g/mol. The van der Waals surface area contributed by atoms with Crippen molar-refractivity contribution in [3.8, 4) is 0 Å². The van der Waals surface area contributed by atoms with Gasteiger partial charge in [0.15, 0.2) is 6.29 Å². The summed E-state index contributed by atoms with van der Waals surface area (Å²) in [6.45, 7) is 1.07. The maximum atomic E-state index is 13.5. The van der Waals surface area contributed by atoms with Crippen molar-refractivity contribution in [2.24, 2.45) is 0 Å². The molecular weight excluding hydrogens is 356 g/mol. The Kier molecular flexibility index (Phi) is 5.95. The summed E-state index contributed by atoms with van der Waals surface area (Å²) in [6.07, 6.45) is 0.482. The van der Waals surface area contributed by atoms with Crippen LogP contribution in [-0.4, -0.2) is 41.4 Å². The van der Waals surface area contributed by atoms with Gasteiger partial charge in [0.25, 0.3) is 11.1 Å². The lowest BCUT2D eigenvalue weighted by Crippen LogP contribution is -2.25. The maximum Gasteiger partial charge on any atom is 0.276 e. The highest BCUT2D eigenvalue weighted by atomic mass is 32.2. The van der Waals surface area contributed by atoms with Gasteiger partial charge in [-0.05, 0) is 12.1 Å². The molecule has 1 N–H and O–H groups in total. The molecule has 1 saturated heterocycles. The minimum absolute atomic E-state index is 0.130. The van der Waals surface area contributed by atoms with E-state index in [0.717, 1.165) is 12.1 Å². The second-order valence-electron chi connectivity index (χ2n) is 5.05. The minimum Gasteiger partial charge on any atom is -0.414 e. The number of ether oxygens (including phenoxy) is 2. The lowest BCUT2D eigenvalue weighted by Gasteiger charge is -2.06. The topological polar surface area (TPSA) is 86.5 Å². The number of nitrogens with one attached hydrogen (secondary N) is 1. The molecule has 1 aromatic heterocycles. The van der Waals surface area contributed by atoms with Crippen molar-refractivity contribution >= 4 is 17.7 Å². The van der Waals surface area contributed by atoms with Gasteiger partial charge < -0.3 is 19.2 Å². The molecule has 1 fully saturated rings. The van der Waals surface area contributed by atoms with Gasteiger partial charge in [-0.2, -0.15) is 0 Å². The Bertz CT molecular complexity index is 717. The largest absolute Gasteiger partial charge is 0.414 e. The van der Waals surface area contributed by atoms with Gasteiger partial charge in [-0.3, -0.25) is 4.79 Å². The van der Waals surface area contributed by atoms with Crippen LogP contribution in [0.4, 0.5) is 8.78 Å². The Hall–Kier alpha value is -2.04. The molecule has 10 heteroatoms. The molecule has 0 spiro atoms. The Morgan fingerprint density at radius 2 is 1.96 bits per heavy atom. The van der Waals surface area contributed by atoms with Crippen molar-refractivity contribution in [1.29, 1.82) is 0 Å². The number of hydrogen-bond acceptors (Lipinski definition) is 7. The molecule has 134 valence electrons. The van der Waals surface area contributed by atoms with E-state index in [9.17, 15) is 13.6 Å². The predicted octanol–water partition coefficient (Wildman–Crippen LogP) is 2.13. The fourth-order valence-corrected chi connectivity index (χ4v) is 2.88. The molecule has 2 aromatic rings. The van der Waals surface area contributed by atoms with Gasteiger partial charge >= 0.3 is 0 Å². The fourth-order valence-electron chi connectivity index (χ4n) is 2.14. The van der Waals surface area contributed by atoms with Crippen LogP contribution in [0.25, 0.3) is 0 Å². The summed E-state index contributed by atoms with van der Waals surface area (Å²) in [4.78, 5) is 11.9. The molecule has 1 amide bonds. The molecule has 3 rings (SSSR count). The molecular formula is C15H15F2N3O4S. The zero-order chi connectivity index (χ0) is 17.6. The molecule has 0 bridgehead atoms. The first-order chi connectivity index (χ1) is 12.1. The average Bonchev–Trinajstić information content (AvgIpc) is 3.25. The summed E-state index contributed by atoms with van der Waals surface area (Å²) in [6, 6.07) is 3.21. The number of amides is 1. The van der Waals surface area contributed by atoms with Crippen LogP contribution in [0.15, 0.2) is 27.8 Å². The fraction of sp³-hybridized carbons (Fsp3) is 0.400. The van der Waals surface area contributed by atoms with E-state index >= 15 is 0 Å². The van der Waals surface area contributed by atoms with Crippen LogP contribution in [0, 0.1) is 11.6 Å². The van der Waals surface area contributed by atoms with E-state index in [4.69, 9.17) is 13.9 Å². The second kappa shape index (κ2) is 8.37. The van der Waals surface area contributed by atoms with E-state index in [1.165, 1.54) is 17.8 Å². The number of rotatable bonds is 7. The second-order valence-corrected chi connectivity index (χ2v) is 6.10. The van der Waals surface area contributed by atoms with Gasteiger partial charge in [-0.15, -0.1) is 10.2 Å². The lowest BCUT2D eigenvalue weighted by molar-refractivity contribution is -0.0421. The number of benzene rings is 1.